The van der Waals surface area contributed by atoms with Gasteiger partial charge in [-0.05, 0) is 36.8 Å². The summed E-state index contributed by atoms with van der Waals surface area (Å²) >= 11 is 1.84. The first-order chi connectivity index (χ1) is 6.76. The highest BCUT2D eigenvalue weighted by atomic mass is 35.5. The topological polar surface area (TPSA) is 32.3 Å². The lowest BCUT2D eigenvalue weighted by Crippen LogP contribution is -2.24. The molecule has 2 nitrogen and oxygen atoms in total. The van der Waals surface area contributed by atoms with Crippen molar-refractivity contribution in [2.45, 2.75) is 31.2 Å². The molecule has 1 unspecified atom stereocenters. The van der Waals surface area contributed by atoms with Crippen LogP contribution in [-0.4, -0.2) is 17.0 Å². The van der Waals surface area contributed by atoms with Crippen molar-refractivity contribution in [2.24, 2.45) is 0 Å². The van der Waals surface area contributed by atoms with Crippen molar-refractivity contribution >= 4 is 24.2 Å². The number of hydrogen-bond acceptors (Lipinski definition) is 3. The molecule has 0 bridgehead atoms. The smallest absolute Gasteiger partial charge is 0.0331 e. The zero-order valence-corrected chi connectivity index (χ0v) is 10.7. The molecule has 0 aliphatic rings. The largest absolute Gasteiger partial charge is 0.317 e. The van der Waals surface area contributed by atoms with E-state index < -0.39 is 0 Å². The highest BCUT2D eigenvalue weighted by Gasteiger charge is 2.01. The van der Waals surface area contributed by atoms with Crippen molar-refractivity contribution in [2.75, 3.05) is 5.75 Å². The lowest BCUT2D eigenvalue weighted by Gasteiger charge is -2.08. The zero-order chi connectivity index (χ0) is 10.4. The molecule has 0 spiro atoms. The van der Waals surface area contributed by atoms with E-state index in [1.165, 1.54) is 10.5 Å². The van der Waals surface area contributed by atoms with E-state index in [9.17, 15) is 0 Å². The van der Waals surface area contributed by atoms with E-state index in [1.54, 1.807) is 0 Å². The summed E-state index contributed by atoms with van der Waals surface area (Å²) in [7, 11) is 0. The summed E-state index contributed by atoms with van der Waals surface area (Å²) in [5, 5.41) is 8.68. The summed E-state index contributed by atoms with van der Waals surface area (Å²) in [5.41, 5.74) is 3.50. The molecule has 0 aromatic heterocycles. The molecule has 1 atom stereocenters. The van der Waals surface area contributed by atoms with Crippen molar-refractivity contribution in [1.82, 2.24) is 5.48 Å². The Morgan fingerprint density at radius 2 is 1.93 bits per heavy atom. The van der Waals surface area contributed by atoms with Gasteiger partial charge in [0.05, 0.1) is 0 Å². The Hall–Kier alpha value is -0.220. The summed E-state index contributed by atoms with van der Waals surface area (Å²) in [6.07, 6.45) is 0.855. The highest BCUT2D eigenvalue weighted by molar-refractivity contribution is 7.99. The number of benzene rings is 1. The Balaban J connectivity index is 0.00000196. The molecule has 15 heavy (non-hydrogen) atoms. The van der Waals surface area contributed by atoms with Gasteiger partial charge in [-0.25, -0.2) is 5.48 Å². The van der Waals surface area contributed by atoms with Gasteiger partial charge in [0.1, 0.15) is 0 Å². The molecule has 1 rings (SSSR count). The van der Waals surface area contributed by atoms with Crippen LogP contribution in [-0.2, 0) is 6.42 Å². The maximum Gasteiger partial charge on any atom is 0.0331 e. The Morgan fingerprint density at radius 1 is 1.33 bits per heavy atom. The Bertz CT molecular complexity index is 266. The molecule has 0 aliphatic heterocycles. The van der Waals surface area contributed by atoms with Gasteiger partial charge < -0.3 is 5.21 Å². The summed E-state index contributed by atoms with van der Waals surface area (Å²) < 4.78 is 0. The number of rotatable bonds is 5. The van der Waals surface area contributed by atoms with Gasteiger partial charge in [0, 0.05) is 10.9 Å². The van der Waals surface area contributed by atoms with E-state index in [-0.39, 0.29) is 18.4 Å². The van der Waals surface area contributed by atoms with E-state index in [0.29, 0.717) is 0 Å². The second-order valence-corrected chi connectivity index (χ2v) is 4.65. The lowest BCUT2D eigenvalue weighted by atomic mass is 10.1. The molecule has 0 aliphatic carbocycles. The average molecular weight is 248 g/mol. The second kappa shape index (κ2) is 7.99. The monoisotopic (exact) mass is 247 g/mol. The van der Waals surface area contributed by atoms with E-state index in [0.717, 1.165) is 12.2 Å². The van der Waals surface area contributed by atoms with E-state index in [1.807, 2.05) is 18.7 Å². The first-order valence-corrected chi connectivity index (χ1v) is 5.86. The van der Waals surface area contributed by atoms with Crippen LogP contribution in [0.4, 0.5) is 0 Å². The fourth-order valence-electron chi connectivity index (χ4n) is 1.29. The fourth-order valence-corrected chi connectivity index (χ4v) is 1.95. The van der Waals surface area contributed by atoms with Gasteiger partial charge in [-0.3, -0.25) is 0 Å². The average Bonchev–Trinajstić information content (AvgIpc) is 2.21. The molecule has 0 saturated heterocycles. The van der Waals surface area contributed by atoms with Gasteiger partial charge in [-0.15, -0.1) is 24.2 Å². The van der Waals surface area contributed by atoms with Gasteiger partial charge in [0.15, 0.2) is 0 Å². The quantitative estimate of drug-likeness (QED) is 0.620. The minimum atomic E-state index is 0. The molecule has 4 heteroatoms. The van der Waals surface area contributed by atoms with Gasteiger partial charge in [-0.2, -0.15) is 0 Å². The summed E-state index contributed by atoms with van der Waals surface area (Å²) in [4.78, 5) is 1.31. The lowest BCUT2D eigenvalue weighted by molar-refractivity contribution is 0.133. The van der Waals surface area contributed by atoms with Crippen molar-refractivity contribution in [3.8, 4) is 0 Å². The van der Waals surface area contributed by atoms with Crippen LogP contribution in [0.25, 0.3) is 0 Å². The van der Waals surface area contributed by atoms with Crippen molar-refractivity contribution in [3.05, 3.63) is 29.8 Å². The molecule has 0 fully saturated rings. The third-order valence-electron chi connectivity index (χ3n) is 2.00. The first kappa shape index (κ1) is 14.8. The molecule has 1 aromatic rings. The molecule has 1 aromatic carbocycles. The van der Waals surface area contributed by atoms with E-state index >= 15 is 0 Å². The Kier molecular flexibility index (Phi) is 7.88. The minimum Gasteiger partial charge on any atom is -0.317 e. The van der Waals surface area contributed by atoms with E-state index in [4.69, 9.17) is 5.21 Å². The maximum absolute atomic E-state index is 8.68. The number of halogens is 1. The molecular weight excluding hydrogens is 230 g/mol. The maximum atomic E-state index is 8.68. The fraction of sp³-hybridized carbons (Fsp3) is 0.455. The predicted octanol–water partition coefficient (Wildman–Crippen LogP) is 3.13. The normalized spacial score (nSPS) is 11.9. The molecular formula is C11H18ClNOS. The first-order valence-electron chi connectivity index (χ1n) is 4.87. The second-order valence-electron chi connectivity index (χ2n) is 3.31. The van der Waals surface area contributed by atoms with Gasteiger partial charge >= 0.3 is 0 Å². The number of hydroxylamine groups is 1. The number of nitrogens with one attached hydrogen (secondary N) is 1. The van der Waals surface area contributed by atoms with Crippen LogP contribution in [0.5, 0.6) is 0 Å². The molecule has 2 N–H and O–H groups in total. The van der Waals surface area contributed by atoms with Crippen LogP contribution in [0.15, 0.2) is 29.2 Å². The minimum absolute atomic E-state index is 0. The van der Waals surface area contributed by atoms with Crippen molar-refractivity contribution in [3.63, 3.8) is 0 Å². The van der Waals surface area contributed by atoms with Gasteiger partial charge in [0.25, 0.3) is 0 Å². The zero-order valence-electron chi connectivity index (χ0n) is 9.06. The Morgan fingerprint density at radius 3 is 2.40 bits per heavy atom. The van der Waals surface area contributed by atoms with Crippen LogP contribution >= 0.6 is 24.2 Å². The summed E-state index contributed by atoms with van der Waals surface area (Å²) in [6.45, 7) is 4.10. The summed E-state index contributed by atoms with van der Waals surface area (Å²) in [6, 6.07) is 8.61. The number of hydrogen-bond donors (Lipinski definition) is 2. The predicted molar refractivity (Wildman–Crippen MR) is 68.2 cm³/mol. The molecule has 0 heterocycles. The van der Waals surface area contributed by atoms with Crippen LogP contribution in [0.1, 0.15) is 19.4 Å². The third kappa shape index (κ3) is 5.42. The Labute approximate surface area is 102 Å². The molecule has 0 saturated carbocycles. The third-order valence-corrected chi connectivity index (χ3v) is 2.89. The standard InChI is InChI=1S/C11H17NOS.ClH/c1-3-14-11-6-4-10(5-7-11)8-9(2)12-13;/h4-7,9,12-13H,3,8H2,1-2H3;1H. The van der Waals surface area contributed by atoms with Crippen molar-refractivity contribution in [1.29, 1.82) is 0 Å². The molecule has 86 valence electrons. The SMILES string of the molecule is CCSc1ccc(CC(C)NO)cc1.Cl. The van der Waals surface area contributed by atoms with Gasteiger partial charge in [-0.1, -0.05) is 19.1 Å². The van der Waals surface area contributed by atoms with Crippen LogP contribution in [0, 0.1) is 0 Å². The number of thioether (sulfide) groups is 1. The van der Waals surface area contributed by atoms with Crippen LogP contribution in [0.3, 0.4) is 0 Å². The van der Waals surface area contributed by atoms with Gasteiger partial charge in [0.2, 0.25) is 0 Å². The highest BCUT2D eigenvalue weighted by Crippen LogP contribution is 2.18. The van der Waals surface area contributed by atoms with Crippen molar-refractivity contribution < 1.29 is 5.21 Å². The van der Waals surface area contributed by atoms with E-state index in [2.05, 4.69) is 36.7 Å². The molecule has 0 amide bonds. The summed E-state index contributed by atoms with van der Waals surface area (Å²) in [5.74, 6) is 1.11. The van der Waals surface area contributed by atoms with Crippen LogP contribution in [0.2, 0.25) is 0 Å². The van der Waals surface area contributed by atoms with Crippen LogP contribution < -0.4 is 5.48 Å². The molecule has 0 radical (unpaired) electrons.